The number of anilines is 2. The molecule has 1 aliphatic rings. The number of ether oxygens (including phenoxy) is 1. The first-order valence-corrected chi connectivity index (χ1v) is 9.47. The highest BCUT2D eigenvalue weighted by Gasteiger charge is 2.35. The Morgan fingerprint density at radius 3 is 2.72 bits per heavy atom. The molecule has 1 N–H and O–H groups in total. The molecule has 25 heavy (non-hydrogen) atoms. The molecule has 0 saturated carbocycles. The van der Waals surface area contributed by atoms with Gasteiger partial charge in [0, 0.05) is 5.02 Å². The fourth-order valence-corrected chi connectivity index (χ4v) is 3.52. The monoisotopic (exact) mass is 384 g/mol. The van der Waals surface area contributed by atoms with Gasteiger partial charge in [-0.05, 0) is 30.3 Å². The number of rotatable bonds is 3. The second-order valence-corrected chi connectivity index (χ2v) is 7.82. The van der Waals surface area contributed by atoms with Crippen molar-refractivity contribution in [3.8, 4) is 5.75 Å². The van der Waals surface area contributed by atoms with Crippen LogP contribution in [0.2, 0.25) is 5.02 Å². The van der Waals surface area contributed by atoms with E-state index in [0.717, 1.165) is 10.6 Å². The summed E-state index contributed by atoms with van der Waals surface area (Å²) < 4.78 is 44.5. The fraction of sp³-hybridized carbons (Fsp3) is 0.188. The Morgan fingerprint density at radius 2 is 2.04 bits per heavy atom. The third kappa shape index (κ3) is 3.69. The van der Waals surface area contributed by atoms with Crippen molar-refractivity contribution in [1.29, 1.82) is 0 Å². The number of hydrogen-bond acceptors (Lipinski definition) is 4. The average molecular weight is 385 g/mol. The Morgan fingerprint density at radius 1 is 1.32 bits per heavy atom. The van der Waals surface area contributed by atoms with Gasteiger partial charge in [-0.15, -0.1) is 0 Å². The first kappa shape index (κ1) is 17.5. The van der Waals surface area contributed by atoms with E-state index in [2.05, 4.69) is 5.32 Å². The number of sulfonamides is 1. The maximum atomic E-state index is 13.7. The quantitative estimate of drug-likeness (QED) is 0.882. The van der Waals surface area contributed by atoms with Gasteiger partial charge in [-0.2, -0.15) is 0 Å². The number of fused-ring (bicyclic) bond motifs is 1. The number of para-hydroxylation sites is 1. The number of nitrogens with zero attached hydrogens (tertiary/aromatic N) is 1. The van der Waals surface area contributed by atoms with E-state index in [0.29, 0.717) is 5.02 Å². The van der Waals surface area contributed by atoms with Gasteiger partial charge in [0.1, 0.15) is 11.6 Å². The summed E-state index contributed by atoms with van der Waals surface area (Å²) in [5, 5.41) is 2.75. The zero-order valence-corrected chi connectivity index (χ0v) is 14.6. The van der Waals surface area contributed by atoms with Crippen molar-refractivity contribution in [3.05, 3.63) is 53.3 Å². The zero-order valence-electron chi connectivity index (χ0n) is 13.1. The highest BCUT2D eigenvalue weighted by molar-refractivity contribution is 7.92. The van der Waals surface area contributed by atoms with E-state index in [1.54, 1.807) is 6.07 Å². The van der Waals surface area contributed by atoms with Crippen molar-refractivity contribution >= 4 is 38.9 Å². The van der Waals surface area contributed by atoms with Crippen molar-refractivity contribution in [2.45, 2.75) is 6.10 Å². The molecule has 9 heteroatoms. The topological polar surface area (TPSA) is 75.7 Å². The largest absolute Gasteiger partial charge is 0.476 e. The number of hydrogen-bond donors (Lipinski definition) is 1. The second kappa shape index (κ2) is 6.53. The highest BCUT2D eigenvalue weighted by Crippen LogP contribution is 2.37. The van der Waals surface area contributed by atoms with Gasteiger partial charge in [-0.1, -0.05) is 23.7 Å². The van der Waals surface area contributed by atoms with E-state index in [9.17, 15) is 17.6 Å². The Bertz CT molecular complexity index is 935. The van der Waals surface area contributed by atoms with Gasteiger partial charge in [0.25, 0.3) is 5.91 Å². The third-order valence-electron chi connectivity index (χ3n) is 3.62. The van der Waals surface area contributed by atoms with Gasteiger partial charge in [0.2, 0.25) is 10.0 Å². The molecule has 0 unspecified atom stereocenters. The molecule has 1 aliphatic heterocycles. The molecule has 0 fully saturated rings. The normalized spacial score (nSPS) is 16.8. The van der Waals surface area contributed by atoms with Crippen LogP contribution in [0.4, 0.5) is 15.8 Å². The lowest BCUT2D eigenvalue weighted by Gasteiger charge is -2.34. The van der Waals surface area contributed by atoms with Crippen LogP contribution in [-0.2, 0) is 14.8 Å². The molecule has 0 radical (unpaired) electrons. The summed E-state index contributed by atoms with van der Waals surface area (Å²) in [5.74, 6) is -1.05. The van der Waals surface area contributed by atoms with Crippen LogP contribution in [0.3, 0.4) is 0 Å². The SMILES string of the molecule is CS(=O)(=O)N1C[C@@H](C(=O)Nc2ccccc2F)Oc2ccc(Cl)cc21. The lowest BCUT2D eigenvalue weighted by Crippen LogP contribution is -2.48. The number of carbonyl (C=O) groups excluding carboxylic acids is 1. The lowest BCUT2D eigenvalue weighted by molar-refractivity contribution is -0.122. The van der Waals surface area contributed by atoms with Crippen LogP contribution in [0.15, 0.2) is 42.5 Å². The number of halogens is 2. The Kier molecular flexibility index (Phi) is 4.57. The first-order valence-electron chi connectivity index (χ1n) is 7.25. The molecule has 0 spiro atoms. The van der Waals surface area contributed by atoms with Crippen molar-refractivity contribution in [1.82, 2.24) is 0 Å². The molecule has 0 aliphatic carbocycles. The molecule has 2 aromatic carbocycles. The highest BCUT2D eigenvalue weighted by atomic mass is 35.5. The number of amides is 1. The number of benzene rings is 2. The van der Waals surface area contributed by atoms with Crippen LogP contribution >= 0.6 is 11.6 Å². The molecule has 0 bridgehead atoms. The maximum Gasteiger partial charge on any atom is 0.267 e. The molecule has 2 aromatic rings. The van der Waals surface area contributed by atoms with E-state index in [4.69, 9.17) is 16.3 Å². The molecule has 6 nitrogen and oxygen atoms in total. The van der Waals surface area contributed by atoms with Crippen LogP contribution in [0, 0.1) is 5.82 Å². The van der Waals surface area contributed by atoms with E-state index < -0.39 is 27.9 Å². The van der Waals surface area contributed by atoms with Gasteiger partial charge < -0.3 is 10.1 Å². The second-order valence-electron chi connectivity index (χ2n) is 5.48. The third-order valence-corrected chi connectivity index (χ3v) is 5.00. The molecule has 132 valence electrons. The van der Waals surface area contributed by atoms with Crippen LogP contribution < -0.4 is 14.4 Å². The van der Waals surface area contributed by atoms with Crippen molar-refractivity contribution < 1.29 is 22.3 Å². The van der Waals surface area contributed by atoms with E-state index in [1.165, 1.54) is 36.4 Å². The molecule has 1 amide bonds. The van der Waals surface area contributed by atoms with Gasteiger partial charge in [-0.25, -0.2) is 12.8 Å². The first-order chi connectivity index (χ1) is 11.8. The molecule has 1 heterocycles. The van der Waals surface area contributed by atoms with Gasteiger partial charge in [-0.3, -0.25) is 9.10 Å². The molecular formula is C16H14ClFN2O4S. The maximum absolute atomic E-state index is 13.7. The van der Waals surface area contributed by atoms with Crippen LogP contribution in [0.1, 0.15) is 0 Å². The summed E-state index contributed by atoms with van der Waals surface area (Å²) in [4.78, 5) is 12.4. The van der Waals surface area contributed by atoms with E-state index >= 15 is 0 Å². The Balaban J connectivity index is 1.90. The van der Waals surface area contributed by atoms with Crippen LogP contribution in [0.5, 0.6) is 5.75 Å². The van der Waals surface area contributed by atoms with E-state index in [1.807, 2.05) is 0 Å². The average Bonchev–Trinajstić information content (AvgIpc) is 2.55. The molecule has 1 atom stereocenters. The van der Waals surface area contributed by atoms with Gasteiger partial charge in [0.15, 0.2) is 6.10 Å². The summed E-state index contributed by atoms with van der Waals surface area (Å²) in [6, 6.07) is 10.1. The van der Waals surface area contributed by atoms with E-state index in [-0.39, 0.29) is 23.7 Å². The van der Waals surface area contributed by atoms with Crippen molar-refractivity contribution in [3.63, 3.8) is 0 Å². The Hall–Kier alpha value is -2.32. The zero-order chi connectivity index (χ0) is 18.2. The standard InChI is InChI=1S/C16H14ClFN2O4S/c1-25(22,23)20-9-15(24-14-7-6-10(17)8-13(14)20)16(21)19-12-5-3-2-4-11(12)18/h2-8,15H,9H2,1H3,(H,19,21)/t15-/m0/s1. The van der Waals surface area contributed by atoms with Gasteiger partial charge in [0.05, 0.1) is 24.2 Å². The molecular weight excluding hydrogens is 371 g/mol. The minimum atomic E-state index is -3.66. The van der Waals surface area contributed by atoms with Crippen LogP contribution in [-0.4, -0.2) is 33.2 Å². The molecule has 0 saturated heterocycles. The minimum absolute atomic E-state index is 0.0103. The predicted molar refractivity (Wildman–Crippen MR) is 93.1 cm³/mol. The number of nitrogens with one attached hydrogen (secondary N) is 1. The van der Waals surface area contributed by atoms with Crippen molar-refractivity contribution in [2.75, 3.05) is 22.4 Å². The summed E-state index contributed by atoms with van der Waals surface area (Å²) in [7, 11) is -3.66. The lowest BCUT2D eigenvalue weighted by atomic mass is 10.2. The summed E-state index contributed by atoms with van der Waals surface area (Å²) >= 11 is 5.92. The van der Waals surface area contributed by atoms with Crippen LogP contribution in [0.25, 0.3) is 0 Å². The Labute approximate surface area is 149 Å². The summed E-state index contributed by atoms with van der Waals surface area (Å²) in [6.07, 6.45) is -0.113. The smallest absolute Gasteiger partial charge is 0.267 e. The summed E-state index contributed by atoms with van der Waals surface area (Å²) in [5.41, 5.74) is 0.244. The van der Waals surface area contributed by atoms with Gasteiger partial charge >= 0.3 is 0 Å². The minimum Gasteiger partial charge on any atom is -0.476 e. The fourth-order valence-electron chi connectivity index (χ4n) is 2.45. The predicted octanol–water partition coefficient (Wildman–Crippen LogP) is 2.64. The van der Waals surface area contributed by atoms with Crippen molar-refractivity contribution in [2.24, 2.45) is 0 Å². The molecule has 0 aromatic heterocycles. The number of carbonyl (C=O) groups is 1. The molecule has 3 rings (SSSR count). The summed E-state index contributed by atoms with van der Waals surface area (Å²) in [6.45, 7) is -0.244.